The van der Waals surface area contributed by atoms with Gasteiger partial charge in [-0.2, -0.15) is 17.9 Å². The summed E-state index contributed by atoms with van der Waals surface area (Å²) in [4.78, 5) is 22.1. The molecule has 0 spiro atoms. The Morgan fingerprint density at radius 3 is 2.32 bits per heavy atom. The Labute approximate surface area is 253 Å². The number of halogens is 6. The van der Waals surface area contributed by atoms with Gasteiger partial charge in [0.1, 0.15) is 6.54 Å². The Kier molecular flexibility index (Phi) is 8.91. The molecule has 0 N–H and O–H groups in total. The van der Waals surface area contributed by atoms with Crippen LogP contribution in [0.5, 0.6) is 0 Å². The fraction of sp³-hybridized carbons (Fsp3) is 0.400. The molecule has 0 radical (unpaired) electrons. The third kappa shape index (κ3) is 6.93. The van der Waals surface area contributed by atoms with Crippen LogP contribution in [0.2, 0.25) is 28.2 Å². The van der Waals surface area contributed by atoms with E-state index in [-0.39, 0.29) is 22.9 Å². The summed E-state index contributed by atoms with van der Waals surface area (Å²) in [5.41, 5.74) is -0.384. The fourth-order valence-corrected chi connectivity index (χ4v) is 5.68. The highest BCUT2D eigenvalue weighted by Crippen LogP contribution is 2.40. The molecule has 41 heavy (non-hydrogen) atoms. The van der Waals surface area contributed by atoms with Crippen molar-refractivity contribution in [3.63, 3.8) is 0 Å². The van der Waals surface area contributed by atoms with E-state index in [2.05, 4.69) is 36.1 Å². The quantitative estimate of drug-likeness (QED) is 0.190. The Bertz CT molecular complexity index is 1600. The zero-order chi connectivity index (χ0) is 30.3. The summed E-state index contributed by atoms with van der Waals surface area (Å²) in [6.45, 7) is 7.97. The van der Waals surface area contributed by atoms with Crippen LogP contribution < -0.4 is 5.69 Å². The zero-order valence-corrected chi connectivity index (χ0v) is 26.8. The summed E-state index contributed by atoms with van der Waals surface area (Å²) < 4.78 is 52.4. The average Bonchev–Trinajstić information content (AvgIpc) is 3.37. The highest BCUT2D eigenvalue weighted by atomic mass is 79.9. The predicted octanol–water partition coefficient (Wildman–Crippen LogP) is 6.76. The monoisotopic (exact) mass is 691 g/mol. The van der Waals surface area contributed by atoms with Gasteiger partial charge in [0.25, 0.3) is 0 Å². The van der Waals surface area contributed by atoms with Crippen LogP contribution >= 0.6 is 39.1 Å². The minimum absolute atomic E-state index is 0.0195. The molecule has 3 heterocycles. The average molecular weight is 693 g/mol. The van der Waals surface area contributed by atoms with Crippen molar-refractivity contribution >= 4 is 47.4 Å². The van der Waals surface area contributed by atoms with Gasteiger partial charge in [0, 0.05) is 16.8 Å². The van der Waals surface area contributed by atoms with E-state index in [0.717, 1.165) is 9.25 Å². The van der Waals surface area contributed by atoms with Gasteiger partial charge in [-0.3, -0.25) is 4.57 Å². The molecule has 9 nitrogen and oxygen atoms in total. The maximum absolute atomic E-state index is 14.3. The summed E-state index contributed by atoms with van der Waals surface area (Å²) in [5, 5.41) is 8.99. The summed E-state index contributed by atoms with van der Waals surface area (Å²) in [6, 6.07) is 9.57. The van der Waals surface area contributed by atoms with Crippen molar-refractivity contribution in [2.75, 3.05) is 0 Å². The fourth-order valence-electron chi connectivity index (χ4n) is 3.63. The molecule has 16 heteroatoms. The molecule has 1 aromatic carbocycles. The molecule has 4 rings (SSSR count). The van der Waals surface area contributed by atoms with Crippen LogP contribution in [-0.4, -0.2) is 54.7 Å². The van der Waals surface area contributed by atoms with E-state index in [1.54, 1.807) is 49.5 Å². The van der Waals surface area contributed by atoms with Gasteiger partial charge in [0.05, 0.1) is 11.6 Å². The first kappa shape index (κ1) is 31.4. The second kappa shape index (κ2) is 11.6. The van der Waals surface area contributed by atoms with E-state index in [4.69, 9.17) is 27.6 Å². The van der Waals surface area contributed by atoms with Crippen molar-refractivity contribution in [1.29, 1.82) is 0 Å². The van der Waals surface area contributed by atoms with Gasteiger partial charge < -0.3 is 4.43 Å². The van der Waals surface area contributed by atoms with Crippen molar-refractivity contribution in [2.24, 2.45) is 0 Å². The molecule has 0 amide bonds. The molecule has 0 aliphatic heterocycles. The van der Waals surface area contributed by atoms with Crippen LogP contribution in [0.15, 0.2) is 52.1 Å². The molecule has 0 bridgehead atoms. The lowest BCUT2D eigenvalue weighted by atomic mass is 10.2. The second-order valence-corrected chi connectivity index (χ2v) is 17.1. The largest absolute Gasteiger partial charge is 0.415 e. The molecule has 0 saturated carbocycles. The van der Waals surface area contributed by atoms with Gasteiger partial charge in [-0.05, 0) is 70.5 Å². The third-order valence-corrected chi connectivity index (χ3v) is 12.4. The lowest BCUT2D eigenvalue weighted by Crippen LogP contribution is -2.50. The van der Waals surface area contributed by atoms with Gasteiger partial charge in [-0.25, -0.2) is 19.4 Å². The van der Waals surface area contributed by atoms with Crippen molar-refractivity contribution in [3.05, 3.63) is 73.7 Å². The summed E-state index contributed by atoms with van der Waals surface area (Å²) in [5.74, 6) is 0.472. The van der Waals surface area contributed by atoms with Crippen LogP contribution in [0.1, 0.15) is 26.6 Å². The van der Waals surface area contributed by atoms with Gasteiger partial charge >= 0.3 is 11.9 Å². The number of rotatable bonds is 8. The number of pyridine rings is 1. The van der Waals surface area contributed by atoms with Gasteiger partial charge in [-0.1, -0.05) is 44.0 Å². The topological polar surface area (TPSA) is 92.7 Å². The Morgan fingerprint density at radius 2 is 1.73 bits per heavy atom. The van der Waals surface area contributed by atoms with Crippen LogP contribution in [0.25, 0.3) is 17.2 Å². The maximum atomic E-state index is 14.3. The SMILES string of the molecule is CC(C)(C)[Si](C)(C)O[C@@H](Cn1c(-c2ccc(Cl)cc2)nn(Cc2nc(Br)n(-c3ncccc3Cl)n2)c1=O)C(F)(F)F. The van der Waals surface area contributed by atoms with E-state index < -0.39 is 37.9 Å². The van der Waals surface area contributed by atoms with Crippen LogP contribution in [0.4, 0.5) is 13.2 Å². The first-order chi connectivity index (χ1) is 19.0. The van der Waals surface area contributed by atoms with E-state index >= 15 is 0 Å². The molecule has 3 aromatic heterocycles. The number of hydrogen-bond donors (Lipinski definition) is 0. The summed E-state index contributed by atoms with van der Waals surface area (Å²) >= 11 is 15.6. The second-order valence-electron chi connectivity index (χ2n) is 10.8. The smallest absolute Gasteiger partial charge is 0.404 e. The van der Waals surface area contributed by atoms with E-state index in [9.17, 15) is 18.0 Å². The Morgan fingerprint density at radius 1 is 1.07 bits per heavy atom. The highest BCUT2D eigenvalue weighted by molar-refractivity contribution is 9.10. The number of hydrogen-bond acceptors (Lipinski definition) is 6. The Balaban J connectivity index is 1.77. The molecule has 4 aromatic rings. The van der Waals surface area contributed by atoms with Crippen LogP contribution in [0.3, 0.4) is 0 Å². The van der Waals surface area contributed by atoms with Crippen molar-refractivity contribution in [1.82, 2.24) is 34.1 Å². The first-order valence-electron chi connectivity index (χ1n) is 12.4. The van der Waals surface area contributed by atoms with Crippen molar-refractivity contribution in [2.45, 2.75) is 64.3 Å². The standard InChI is InChI=1S/C25H27BrCl2F3N7O2Si/c1-24(2,3)41(4,5)40-18(25(29,30)31)13-36-20(15-8-10-16(27)11-9-15)35-37(23(36)39)14-19-33-22(26)38(34-19)21-17(28)7-6-12-32-21/h6-12,18H,13-14H2,1-5H3/t18-/m0/s1. The van der Waals surface area contributed by atoms with E-state index in [0.29, 0.717) is 21.4 Å². The summed E-state index contributed by atoms with van der Waals surface area (Å²) in [7, 11) is -2.87. The first-order valence-corrected chi connectivity index (χ1v) is 16.8. The molecule has 1 atom stereocenters. The lowest BCUT2D eigenvalue weighted by molar-refractivity contribution is -0.202. The molecular formula is C25H27BrCl2F3N7O2Si. The van der Waals surface area contributed by atoms with Crippen molar-refractivity contribution < 1.29 is 17.6 Å². The van der Waals surface area contributed by atoms with E-state index in [1.165, 1.54) is 10.9 Å². The third-order valence-electron chi connectivity index (χ3n) is 6.82. The highest BCUT2D eigenvalue weighted by Gasteiger charge is 2.48. The van der Waals surface area contributed by atoms with Gasteiger partial charge in [0.2, 0.25) is 4.73 Å². The molecule has 0 aliphatic carbocycles. The molecule has 0 aliphatic rings. The van der Waals surface area contributed by atoms with Gasteiger partial charge in [-0.15, -0.1) is 10.2 Å². The lowest BCUT2D eigenvalue weighted by Gasteiger charge is -2.39. The zero-order valence-electron chi connectivity index (χ0n) is 22.7. The maximum Gasteiger partial charge on any atom is 0.415 e. The number of aromatic nitrogens is 7. The molecular weight excluding hydrogens is 666 g/mol. The normalized spacial score (nSPS) is 13.5. The van der Waals surface area contributed by atoms with Gasteiger partial charge in [0.15, 0.2) is 31.9 Å². The minimum Gasteiger partial charge on any atom is -0.404 e. The van der Waals surface area contributed by atoms with Crippen LogP contribution in [0, 0.1) is 0 Å². The molecule has 220 valence electrons. The summed E-state index contributed by atoms with van der Waals surface area (Å²) in [6.07, 6.45) is -5.44. The predicted molar refractivity (Wildman–Crippen MR) is 156 cm³/mol. The molecule has 0 fully saturated rings. The van der Waals surface area contributed by atoms with Crippen molar-refractivity contribution in [3.8, 4) is 17.2 Å². The minimum atomic E-state index is -4.73. The number of alkyl halides is 3. The number of benzene rings is 1. The van der Waals surface area contributed by atoms with Crippen LogP contribution in [-0.2, 0) is 17.5 Å². The molecule has 0 unspecified atom stereocenters. The van der Waals surface area contributed by atoms with E-state index in [1.807, 2.05) is 20.8 Å². The molecule has 0 saturated heterocycles. The number of nitrogens with zero attached hydrogens (tertiary/aromatic N) is 7. The Hall–Kier alpha value is -2.52.